The Morgan fingerprint density at radius 3 is 2.70 bits per heavy atom. The van der Waals surface area contributed by atoms with Gasteiger partial charge in [-0.1, -0.05) is 6.07 Å². The fraction of sp³-hybridized carbons (Fsp3) is 0.143. The smallest absolute Gasteiger partial charge is 0.301 e. The zero-order chi connectivity index (χ0) is 20.7. The zero-order valence-electron chi connectivity index (χ0n) is 15.5. The summed E-state index contributed by atoms with van der Waals surface area (Å²) in [6, 6.07) is 7.50. The van der Waals surface area contributed by atoms with Crippen LogP contribution in [0.3, 0.4) is 0 Å². The number of thiazole rings is 1. The molecule has 1 amide bonds. The number of carbonyl (C=O) groups is 2. The fourth-order valence-electron chi connectivity index (χ4n) is 3.56. The maximum atomic E-state index is 13.0. The molecule has 3 aromatic rings. The van der Waals surface area contributed by atoms with Gasteiger partial charge < -0.3 is 14.6 Å². The number of aliphatic hydroxyl groups excluding tert-OH is 1. The van der Waals surface area contributed by atoms with E-state index in [1.54, 1.807) is 54.3 Å². The molecule has 2 aromatic heterocycles. The predicted molar refractivity (Wildman–Crippen MR) is 109 cm³/mol. The van der Waals surface area contributed by atoms with Crippen LogP contribution in [0.25, 0.3) is 5.76 Å². The third-order valence-electron chi connectivity index (χ3n) is 4.89. The van der Waals surface area contributed by atoms with Crippen LogP contribution in [0.1, 0.15) is 17.2 Å². The first-order chi connectivity index (χ1) is 14.6. The summed E-state index contributed by atoms with van der Waals surface area (Å²) in [5, 5.41) is 13.2. The highest BCUT2D eigenvalue weighted by atomic mass is 32.1. The van der Waals surface area contributed by atoms with Crippen LogP contribution in [0.15, 0.2) is 59.9 Å². The van der Waals surface area contributed by atoms with Crippen LogP contribution in [0, 0.1) is 0 Å². The molecule has 1 aromatic carbocycles. The molecule has 1 atom stereocenters. The van der Waals surface area contributed by atoms with Crippen LogP contribution in [-0.2, 0) is 9.59 Å². The van der Waals surface area contributed by atoms with Crippen molar-refractivity contribution in [2.75, 3.05) is 18.1 Å². The van der Waals surface area contributed by atoms with Crippen molar-refractivity contribution < 1.29 is 24.2 Å². The molecule has 0 bridgehead atoms. The Balaban J connectivity index is 1.68. The number of Topliss-reactive ketones (excluding diaryl/α,β-unsaturated/α-hetero) is 1. The van der Waals surface area contributed by atoms with Gasteiger partial charge in [-0.3, -0.25) is 19.5 Å². The van der Waals surface area contributed by atoms with Crippen LogP contribution in [0.4, 0.5) is 5.13 Å². The van der Waals surface area contributed by atoms with Gasteiger partial charge in [0.2, 0.25) is 0 Å². The third-order valence-corrected chi connectivity index (χ3v) is 5.66. The summed E-state index contributed by atoms with van der Waals surface area (Å²) in [5.74, 6) is -0.801. The van der Waals surface area contributed by atoms with E-state index in [-0.39, 0.29) is 11.3 Å². The summed E-state index contributed by atoms with van der Waals surface area (Å²) < 4.78 is 11.1. The van der Waals surface area contributed by atoms with E-state index in [4.69, 9.17) is 9.47 Å². The molecule has 0 saturated carbocycles. The molecule has 30 heavy (non-hydrogen) atoms. The van der Waals surface area contributed by atoms with Crippen molar-refractivity contribution >= 4 is 33.9 Å². The normalized spacial score (nSPS) is 19.9. The van der Waals surface area contributed by atoms with Crippen LogP contribution in [-0.4, -0.2) is 40.0 Å². The van der Waals surface area contributed by atoms with E-state index >= 15 is 0 Å². The largest absolute Gasteiger partial charge is 0.507 e. The molecule has 0 aliphatic carbocycles. The third kappa shape index (κ3) is 2.91. The number of carbonyl (C=O) groups excluding carboxylic acids is 2. The van der Waals surface area contributed by atoms with E-state index in [1.165, 1.54) is 16.2 Å². The summed E-state index contributed by atoms with van der Waals surface area (Å²) >= 11 is 1.23. The van der Waals surface area contributed by atoms with Crippen molar-refractivity contribution in [1.82, 2.24) is 9.97 Å². The van der Waals surface area contributed by atoms with Gasteiger partial charge in [0.1, 0.15) is 19.0 Å². The van der Waals surface area contributed by atoms with Gasteiger partial charge >= 0.3 is 5.91 Å². The number of ether oxygens (including phenoxy) is 2. The van der Waals surface area contributed by atoms with E-state index in [1.807, 2.05) is 0 Å². The second kappa shape index (κ2) is 7.27. The lowest BCUT2D eigenvalue weighted by Gasteiger charge is -2.23. The van der Waals surface area contributed by atoms with Crippen LogP contribution >= 0.6 is 11.3 Å². The van der Waals surface area contributed by atoms with Gasteiger partial charge in [-0.2, -0.15) is 0 Å². The summed E-state index contributed by atoms with van der Waals surface area (Å²) in [4.78, 5) is 35.5. The molecule has 8 nitrogen and oxygen atoms in total. The van der Waals surface area contributed by atoms with E-state index in [0.29, 0.717) is 41.0 Å². The Hall–Kier alpha value is -3.72. The molecule has 2 aliphatic heterocycles. The first-order valence-electron chi connectivity index (χ1n) is 9.15. The minimum Gasteiger partial charge on any atom is -0.507 e. The number of fused-ring (bicyclic) bond motifs is 1. The number of anilines is 1. The number of amides is 1. The average molecular weight is 421 g/mol. The Bertz CT molecular complexity index is 1160. The Kier molecular flexibility index (Phi) is 4.44. The number of aliphatic hydroxyl groups is 1. The quantitative estimate of drug-likeness (QED) is 0.394. The molecule has 4 heterocycles. The van der Waals surface area contributed by atoms with Gasteiger partial charge in [-0.05, 0) is 29.8 Å². The minimum absolute atomic E-state index is 0.0279. The topological polar surface area (TPSA) is 102 Å². The van der Waals surface area contributed by atoms with Gasteiger partial charge in [0.05, 0.1) is 11.6 Å². The average Bonchev–Trinajstić information content (AvgIpc) is 3.40. The Morgan fingerprint density at radius 2 is 1.97 bits per heavy atom. The SMILES string of the molecule is O=C1C(=O)N(c2nccs2)C(c2cccnc2)C1=C(O)c1ccc2c(c1)OCCO2. The van der Waals surface area contributed by atoms with Gasteiger partial charge in [-0.15, -0.1) is 11.3 Å². The molecular weight excluding hydrogens is 406 g/mol. The Labute approximate surface area is 175 Å². The summed E-state index contributed by atoms with van der Waals surface area (Å²) in [5.41, 5.74) is 0.913. The predicted octanol–water partition coefficient (Wildman–Crippen LogP) is 2.94. The van der Waals surface area contributed by atoms with E-state index in [0.717, 1.165) is 0 Å². The highest BCUT2D eigenvalue weighted by molar-refractivity contribution is 7.14. The molecule has 1 N–H and O–H groups in total. The number of pyridine rings is 1. The van der Waals surface area contributed by atoms with Crippen molar-refractivity contribution in [1.29, 1.82) is 0 Å². The first-order valence-corrected chi connectivity index (χ1v) is 10.0. The van der Waals surface area contributed by atoms with E-state index < -0.39 is 17.7 Å². The molecule has 1 fully saturated rings. The maximum absolute atomic E-state index is 13.0. The summed E-state index contributed by atoms with van der Waals surface area (Å²) in [7, 11) is 0. The molecule has 5 rings (SSSR count). The lowest BCUT2D eigenvalue weighted by atomic mass is 9.96. The fourth-order valence-corrected chi connectivity index (χ4v) is 4.23. The molecule has 150 valence electrons. The van der Waals surface area contributed by atoms with Gasteiger partial charge in [0.15, 0.2) is 16.6 Å². The standard InChI is InChI=1S/C21H15N3O5S/c25-18(12-3-4-14-15(10-12)29-8-7-28-14)16-17(13-2-1-5-22-11-13)24(20(27)19(16)26)21-23-6-9-30-21/h1-6,9-11,17,25H,7-8H2. The zero-order valence-corrected chi connectivity index (χ0v) is 16.3. The van der Waals surface area contributed by atoms with Crippen molar-refractivity contribution in [3.05, 3.63) is 71.0 Å². The maximum Gasteiger partial charge on any atom is 0.301 e. The first kappa shape index (κ1) is 18.3. The summed E-state index contributed by atoms with van der Waals surface area (Å²) in [6.45, 7) is 0.833. The van der Waals surface area contributed by atoms with Gasteiger partial charge in [0.25, 0.3) is 5.78 Å². The minimum atomic E-state index is -0.849. The van der Waals surface area contributed by atoms with Crippen LogP contribution in [0.2, 0.25) is 0 Å². The lowest BCUT2D eigenvalue weighted by Crippen LogP contribution is -2.29. The molecular formula is C21H15N3O5S. The number of benzene rings is 1. The molecule has 0 radical (unpaired) electrons. The number of aromatic nitrogens is 2. The number of hydrogen-bond donors (Lipinski definition) is 1. The molecule has 0 spiro atoms. The number of nitrogens with zero attached hydrogens (tertiary/aromatic N) is 3. The van der Waals surface area contributed by atoms with Crippen molar-refractivity contribution in [2.45, 2.75) is 6.04 Å². The monoisotopic (exact) mass is 421 g/mol. The highest BCUT2D eigenvalue weighted by Crippen LogP contribution is 2.43. The molecule has 2 aliphatic rings. The lowest BCUT2D eigenvalue weighted by molar-refractivity contribution is -0.132. The number of hydrogen-bond acceptors (Lipinski definition) is 8. The van der Waals surface area contributed by atoms with Gasteiger partial charge in [0, 0.05) is 29.5 Å². The van der Waals surface area contributed by atoms with Gasteiger partial charge in [-0.25, -0.2) is 4.98 Å². The Morgan fingerprint density at radius 1 is 1.13 bits per heavy atom. The van der Waals surface area contributed by atoms with Crippen molar-refractivity contribution in [2.24, 2.45) is 0 Å². The van der Waals surface area contributed by atoms with Crippen molar-refractivity contribution in [3.63, 3.8) is 0 Å². The van der Waals surface area contributed by atoms with Crippen molar-refractivity contribution in [3.8, 4) is 11.5 Å². The van der Waals surface area contributed by atoms with E-state index in [9.17, 15) is 14.7 Å². The van der Waals surface area contributed by atoms with E-state index in [2.05, 4.69) is 9.97 Å². The second-order valence-corrected chi connectivity index (χ2v) is 7.50. The molecule has 9 heteroatoms. The molecule has 1 saturated heterocycles. The molecule has 1 unspecified atom stereocenters. The van der Waals surface area contributed by atoms with Crippen LogP contribution in [0.5, 0.6) is 11.5 Å². The highest BCUT2D eigenvalue weighted by Gasteiger charge is 2.48. The summed E-state index contributed by atoms with van der Waals surface area (Å²) in [6.07, 6.45) is 4.72. The number of rotatable bonds is 3. The second-order valence-electron chi connectivity index (χ2n) is 6.63. The number of ketones is 1. The van der Waals surface area contributed by atoms with Crippen LogP contribution < -0.4 is 14.4 Å².